The Morgan fingerprint density at radius 3 is 2.31 bits per heavy atom. The number of hydrogen-bond donors (Lipinski definition) is 2. The van der Waals surface area contributed by atoms with E-state index in [1.165, 1.54) is 5.56 Å². The van der Waals surface area contributed by atoms with Crippen molar-refractivity contribution in [1.29, 1.82) is 0 Å². The van der Waals surface area contributed by atoms with Crippen LogP contribution in [0, 0.1) is 6.92 Å². The third-order valence-corrected chi connectivity index (χ3v) is 4.41. The van der Waals surface area contributed by atoms with Crippen molar-refractivity contribution in [3.05, 3.63) is 102 Å². The van der Waals surface area contributed by atoms with Crippen LogP contribution in [0.1, 0.15) is 15.9 Å². The fraction of sp³-hybridized carbons (Fsp3) is 0.0417. The SMILES string of the molecule is Cc1cccc(-c2ccc(Nc3cccc(C(=O)Nc4ccccc4)c3)nn2)c1. The number of nitrogens with zero attached hydrogens (tertiary/aromatic N) is 2. The number of benzene rings is 3. The fourth-order valence-corrected chi connectivity index (χ4v) is 2.97. The van der Waals surface area contributed by atoms with Gasteiger partial charge in [-0.3, -0.25) is 4.79 Å². The summed E-state index contributed by atoms with van der Waals surface area (Å²) < 4.78 is 0. The van der Waals surface area contributed by atoms with Gasteiger partial charge in [-0.1, -0.05) is 48.0 Å². The van der Waals surface area contributed by atoms with E-state index >= 15 is 0 Å². The number of para-hydroxylation sites is 1. The van der Waals surface area contributed by atoms with Crippen molar-refractivity contribution in [3.8, 4) is 11.3 Å². The molecule has 1 heterocycles. The minimum absolute atomic E-state index is 0.166. The average molecular weight is 380 g/mol. The first-order chi connectivity index (χ1) is 14.2. The Bertz CT molecular complexity index is 1120. The van der Waals surface area contributed by atoms with Crippen molar-refractivity contribution >= 4 is 23.1 Å². The van der Waals surface area contributed by atoms with Gasteiger partial charge in [0.1, 0.15) is 0 Å². The molecule has 0 aliphatic heterocycles. The Balaban J connectivity index is 1.47. The molecular formula is C24H20N4O. The van der Waals surface area contributed by atoms with E-state index in [0.29, 0.717) is 11.4 Å². The van der Waals surface area contributed by atoms with Crippen LogP contribution in [-0.2, 0) is 0 Å². The largest absolute Gasteiger partial charge is 0.339 e. The summed E-state index contributed by atoms with van der Waals surface area (Å²) in [7, 11) is 0. The standard InChI is InChI=1S/C24H20N4O/c1-17-7-5-8-18(15-17)22-13-14-23(28-27-22)25-21-12-6-9-19(16-21)24(29)26-20-10-3-2-4-11-20/h2-16H,1H3,(H,25,28)(H,26,29). The van der Waals surface area contributed by atoms with Crippen LogP contribution in [0.2, 0.25) is 0 Å². The molecule has 1 amide bonds. The molecule has 0 fully saturated rings. The summed E-state index contributed by atoms with van der Waals surface area (Å²) in [5, 5.41) is 14.7. The molecule has 0 unspecified atom stereocenters. The molecule has 4 rings (SSSR count). The maximum Gasteiger partial charge on any atom is 0.255 e. The zero-order valence-electron chi connectivity index (χ0n) is 16.0. The molecule has 0 bridgehead atoms. The second-order valence-electron chi connectivity index (χ2n) is 6.70. The summed E-state index contributed by atoms with van der Waals surface area (Å²) in [5.41, 5.74) is 5.11. The summed E-state index contributed by atoms with van der Waals surface area (Å²) in [5.74, 6) is 0.447. The number of nitrogens with one attached hydrogen (secondary N) is 2. The van der Waals surface area contributed by atoms with Gasteiger partial charge in [0, 0.05) is 22.5 Å². The second kappa shape index (κ2) is 8.35. The van der Waals surface area contributed by atoms with Crippen LogP contribution in [0.3, 0.4) is 0 Å². The van der Waals surface area contributed by atoms with Crippen LogP contribution in [0.25, 0.3) is 11.3 Å². The zero-order chi connectivity index (χ0) is 20.1. The van der Waals surface area contributed by atoms with Gasteiger partial charge in [-0.05, 0) is 55.5 Å². The average Bonchev–Trinajstić information content (AvgIpc) is 2.75. The molecule has 0 radical (unpaired) electrons. The molecule has 0 atom stereocenters. The van der Waals surface area contributed by atoms with Gasteiger partial charge < -0.3 is 10.6 Å². The first-order valence-electron chi connectivity index (χ1n) is 9.32. The van der Waals surface area contributed by atoms with Gasteiger partial charge in [0.05, 0.1) is 5.69 Å². The Kier molecular flexibility index (Phi) is 5.29. The molecule has 3 aromatic carbocycles. The molecule has 0 aliphatic rings. The summed E-state index contributed by atoms with van der Waals surface area (Å²) in [4.78, 5) is 12.5. The summed E-state index contributed by atoms with van der Waals surface area (Å²) in [6, 6.07) is 28.6. The molecule has 0 aliphatic carbocycles. The number of hydrogen-bond acceptors (Lipinski definition) is 4. The van der Waals surface area contributed by atoms with Gasteiger partial charge in [0.15, 0.2) is 5.82 Å². The maximum absolute atomic E-state index is 12.5. The smallest absolute Gasteiger partial charge is 0.255 e. The molecule has 142 valence electrons. The summed E-state index contributed by atoms with van der Waals surface area (Å²) >= 11 is 0. The second-order valence-corrected chi connectivity index (χ2v) is 6.70. The first-order valence-corrected chi connectivity index (χ1v) is 9.32. The van der Waals surface area contributed by atoms with E-state index in [0.717, 1.165) is 22.6 Å². The Hall–Kier alpha value is -3.99. The third kappa shape index (κ3) is 4.65. The number of amides is 1. The molecule has 4 aromatic rings. The van der Waals surface area contributed by atoms with Gasteiger partial charge in [-0.2, -0.15) is 0 Å². The van der Waals surface area contributed by atoms with Crippen LogP contribution < -0.4 is 10.6 Å². The highest BCUT2D eigenvalue weighted by atomic mass is 16.1. The summed E-state index contributed by atoms with van der Waals surface area (Å²) in [6.45, 7) is 2.05. The van der Waals surface area contributed by atoms with Crippen molar-refractivity contribution in [1.82, 2.24) is 10.2 Å². The van der Waals surface area contributed by atoms with Gasteiger partial charge in [0.25, 0.3) is 5.91 Å². The molecule has 29 heavy (non-hydrogen) atoms. The van der Waals surface area contributed by atoms with Crippen LogP contribution in [0.4, 0.5) is 17.2 Å². The lowest BCUT2D eigenvalue weighted by Crippen LogP contribution is -2.11. The molecular weight excluding hydrogens is 360 g/mol. The molecule has 0 saturated heterocycles. The molecule has 0 spiro atoms. The van der Waals surface area contributed by atoms with E-state index in [9.17, 15) is 4.79 Å². The number of carbonyl (C=O) groups is 1. The highest BCUT2D eigenvalue weighted by molar-refractivity contribution is 6.04. The maximum atomic E-state index is 12.5. The lowest BCUT2D eigenvalue weighted by Gasteiger charge is -2.09. The minimum Gasteiger partial charge on any atom is -0.339 e. The Labute approximate surface area is 169 Å². The molecule has 0 saturated carbocycles. The highest BCUT2D eigenvalue weighted by Crippen LogP contribution is 2.21. The highest BCUT2D eigenvalue weighted by Gasteiger charge is 2.08. The van der Waals surface area contributed by atoms with Crippen molar-refractivity contribution in [2.45, 2.75) is 6.92 Å². The van der Waals surface area contributed by atoms with E-state index < -0.39 is 0 Å². The van der Waals surface area contributed by atoms with Gasteiger partial charge >= 0.3 is 0 Å². The van der Waals surface area contributed by atoms with E-state index in [4.69, 9.17) is 0 Å². The van der Waals surface area contributed by atoms with Crippen molar-refractivity contribution in [2.24, 2.45) is 0 Å². The van der Waals surface area contributed by atoms with Crippen molar-refractivity contribution < 1.29 is 4.79 Å². The van der Waals surface area contributed by atoms with E-state index in [1.54, 1.807) is 12.1 Å². The number of carbonyl (C=O) groups excluding carboxylic acids is 1. The van der Waals surface area contributed by atoms with E-state index in [1.807, 2.05) is 79.7 Å². The lowest BCUT2D eigenvalue weighted by atomic mass is 10.1. The quantitative estimate of drug-likeness (QED) is 0.483. The molecule has 5 heteroatoms. The topological polar surface area (TPSA) is 66.9 Å². The molecule has 2 N–H and O–H groups in total. The summed E-state index contributed by atoms with van der Waals surface area (Å²) in [6.07, 6.45) is 0. The number of anilines is 3. The van der Waals surface area contributed by atoms with Crippen molar-refractivity contribution in [3.63, 3.8) is 0 Å². The molecule has 5 nitrogen and oxygen atoms in total. The van der Waals surface area contributed by atoms with Crippen LogP contribution in [0.5, 0.6) is 0 Å². The predicted molar refractivity (Wildman–Crippen MR) is 116 cm³/mol. The normalized spacial score (nSPS) is 10.4. The van der Waals surface area contributed by atoms with Crippen molar-refractivity contribution in [2.75, 3.05) is 10.6 Å². The predicted octanol–water partition coefficient (Wildman–Crippen LogP) is 5.45. The van der Waals surface area contributed by atoms with Crippen LogP contribution in [-0.4, -0.2) is 16.1 Å². The monoisotopic (exact) mass is 380 g/mol. The van der Waals surface area contributed by atoms with Gasteiger partial charge in [-0.25, -0.2) is 0 Å². The zero-order valence-corrected chi connectivity index (χ0v) is 16.0. The molecule has 1 aromatic heterocycles. The fourth-order valence-electron chi connectivity index (χ4n) is 2.97. The number of rotatable bonds is 5. The lowest BCUT2D eigenvalue weighted by molar-refractivity contribution is 0.102. The van der Waals surface area contributed by atoms with Crippen LogP contribution in [0.15, 0.2) is 91.0 Å². The van der Waals surface area contributed by atoms with Crippen LogP contribution >= 0.6 is 0 Å². The third-order valence-electron chi connectivity index (χ3n) is 4.41. The minimum atomic E-state index is -0.166. The van der Waals surface area contributed by atoms with Gasteiger partial charge in [-0.15, -0.1) is 10.2 Å². The van der Waals surface area contributed by atoms with E-state index in [2.05, 4.69) is 26.9 Å². The van der Waals surface area contributed by atoms with E-state index in [-0.39, 0.29) is 5.91 Å². The van der Waals surface area contributed by atoms with Gasteiger partial charge in [0.2, 0.25) is 0 Å². The Morgan fingerprint density at radius 1 is 0.759 bits per heavy atom. The Morgan fingerprint density at radius 2 is 1.55 bits per heavy atom. The number of aryl methyl sites for hydroxylation is 1. The first kappa shape index (κ1) is 18.4. The number of aromatic nitrogens is 2.